The molecule has 0 saturated heterocycles. The predicted octanol–water partition coefficient (Wildman–Crippen LogP) is 3.62. The van der Waals surface area contributed by atoms with Gasteiger partial charge in [-0.05, 0) is 19.1 Å². The molecule has 2 N–H and O–H groups in total. The Morgan fingerprint density at radius 3 is 2.35 bits per heavy atom. The highest BCUT2D eigenvalue weighted by molar-refractivity contribution is 6.30. The quantitative estimate of drug-likeness (QED) is 0.900. The molecule has 1 aromatic carbocycles. The van der Waals surface area contributed by atoms with Crippen molar-refractivity contribution in [1.29, 1.82) is 0 Å². The number of nitrogens with two attached hydrogens (primary N) is 1. The monoisotopic (exact) mass is 259 g/mol. The van der Waals surface area contributed by atoms with Gasteiger partial charge < -0.3 is 10.5 Å². The molecule has 2 nitrogen and oxygen atoms in total. The van der Waals surface area contributed by atoms with E-state index >= 15 is 0 Å². The molecule has 0 aliphatic carbocycles. The molecule has 17 heavy (non-hydrogen) atoms. The van der Waals surface area contributed by atoms with Gasteiger partial charge in [0.05, 0.1) is 5.02 Å². The van der Waals surface area contributed by atoms with Gasteiger partial charge in [0, 0.05) is 17.5 Å². The number of benzene rings is 1. The lowest BCUT2D eigenvalue weighted by atomic mass is 9.85. The first kappa shape index (κ1) is 14.3. The summed E-state index contributed by atoms with van der Waals surface area (Å²) in [6, 6.07) is 4.26. The fraction of sp³-hybridized carbons (Fsp3) is 0.538. The third-order valence-electron chi connectivity index (χ3n) is 2.49. The number of rotatable bonds is 3. The third-order valence-corrected chi connectivity index (χ3v) is 2.79. The normalized spacial score (nSPS) is 15.5. The van der Waals surface area contributed by atoms with Gasteiger partial charge in [0.15, 0.2) is 0 Å². The molecule has 2 atom stereocenters. The van der Waals surface area contributed by atoms with E-state index < -0.39 is 5.82 Å². The van der Waals surface area contributed by atoms with Crippen molar-refractivity contribution in [3.8, 4) is 5.75 Å². The van der Waals surface area contributed by atoms with Crippen LogP contribution in [-0.2, 0) is 0 Å². The summed E-state index contributed by atoms with van der Waals surface area (Å²) in [4.78, 5) is 0. The molecule has 0 fully saturated rings. The Bertz CT molecular complexity index is 387. The Balaban J connectivity index is 2.91. The van der Waals surface area contributed by atoms with Crippen molar-refractivity contribution in [2.45, 2.75) is 39.8 Å². The van der Waals surface area contributed by atoms with E-state index in [1.54, 1.807) is 6.07 Å². The Kier molecular flexibility index (Phi) is 4.39. The molecule has 1 rings (SSSR count). The van der Waals surface area contributed by atoms with Crippen molar-refractivity contribution in [2.75, 3.05) is 0 Å². The Morgan fingerprint density at radius 1 is 1.35 bits per heavy atom. The van der Waals surface area contributed by atoms with E-state index in [4.69, 9.17) is 22.1 Å². The van der Waals surface area contributed by atoms with E-state index in [-0.39, 0.29) is 22.6 Å². The number of halogens is 2. The predicted molar refractivity (Wildman–Crippen MR) is 68.9 cm³/mol. The molecule has 0 aliphatic rings. The van der Waals surface area contributed by atoms with Crippen molar-refractivity contribution < 1.29 is 9.13 Å². The second kappa shape index (κ2) is 5.23. The van der Waals surface area contributed by atoms with Crippen LogP contribution in [0, 0.1) is 11.2 Å². The first-order chi connectivity index (χ1) is 7.71. The van der Waals surface area contributed by atoms with E-state index in [0.29, 0.717) is 5.75 Å². The molecule has 96 valence electrons. The van der Waals surface area contributed by atoms with E-state index in [1.165, 1.54) is 12.1 Å². The molecule has 0 heterocycles. The minimum atomic E-state index is -0.485. The number of hydrogen-bond donors (Lipinski definition) is 1. The summed E-state index contributed by atoms with van der Waals surface area (Å²) in [7, 11) is 0. The summed E-state index contributed by atoms with van der Waals surface area (Å²) in [5, 5.41) is 0.0884. The summed E-state index contributed by atoms with van der Waals surface area (Å²) >= 11 is 5.61. The summed E-state index contributed by atoms with van der Waals surface area (Å²) in [6.07, 6.45) is -0.192. The lowest BCUT2D eigenvalue weighted by Gasteiger charge is -2.34. The fourth-order valence-electron chi connectivity index (χ4n) is 1.77. The molecular formula is C13H19ClFNO. The summed E-state index contributed by atoms with van der Waals surface area (Å²) < 4.78 is 19.0. The van der Waals surface area contributed by atoms with Gasteiger partial charge in [-0.2, -0.15) is 0 Å². The molecular weight excluding hydrogens is 241 g/mol. The molecule has 1 aromatic rings. The van der Waals surface area contributed by atoms with Crippen LogP contribution < -0.4 is 10.5 Å². The molecule has 0 amide bonds. The zero-order chi connectivity index (χ0) is 13.2. The maximum Gasteiger partial charge on any atom is 0.145 e. The second-order valence-electron chi connectivity index (χ2n) is 5.34. The minimum Gasteiger partial charge on any atom is -0.488 e. The van der Waals surface area contributed by atoms with Gasteiger partial charge in [-0.3, -0.25) is 0 Å². The summed E-state index contributed by atoms with van der Waals surface area (Å²) in [6.45, 7) is 7.98. The van der Waals surface area contributed by atoms with E-state index in [9.17, 15) is 4.39 Å². The van der Waals surface area contributed by atoms with Crippen LogP contribution in [-0.4, -0.2) is 12.1 Å². The number of hydrogen-bond acceptors (Lipinski definition) is 2. The van der Waals surface area contributed by atoms with Gasteiger partial charge in [0.25, 0.3) is 0 Å². The Hall–Kier alpha value is -0.800. The molecule has 0 spiro atoms. The van der Waals surface area contributed by atoms with Crippen molar-refractivity contribution >= 4 is 11.6 Å². The van der Waals surface area contributed by atoms with E-state index in [0.717, 1.165) is 0 Å². The van der Waals surface area contributed by atoms with Crippen LogP contribution in [0.4, 0.5) is 4.39 Å². The molecule has 2 unspecified atom stereocenters. The summed E-state index contributed by atoms with van der Waals surface area (Å²) in [5.41, 5.74) is 5.77. The number of ether oxygens (including phenoxy) is 1. The first-order valence-electron chi connectivity index (χ1n) is 5.59. The molecule has 4 heteroatoms. The average molecular weight is 260 g/mol. The van der Waals surface area contributed by atoms with Gasteiger partial charge in [0.2, 0.25) is 0 Å². The van der Waals surface area contributed by atoms with Crippen molar-refractivity contribution in [2.24, 2.45) is 11.1 Å². The minimum absolute atomic E-state index is 0.0884. The maximum atomic E-state index is 13.3. The van der Waals surface area contributed by atoms with E-state index in [2.05, 4.69) is 0 Å². The third kappa shape index (κ3) is 3.86. The van der Waals surface area contributed by atoms with Gasteiger partial charge in [-0.1, -0.05) is 32.4 Å². The SMILES string of the molecule is CC(N)C(Oc1ccc(Cl)c(F)c1)C(C)(C)C. The first-order valence-corrected chi connectivity index (χ1v) is 5.97. The van der Waals surface area contributed by atoms with Gasteiger partial charge in [0.1, 0.15) is 17.7 Å². The lowest BCUT2D eigenvalue weighted by molar-refractivity contribution is 0.0681. The highest BCUT2D eigenvalue weighted by Gasteiger charge is 2.30. The fourth-order valence-corrected chi connectivity index (χ4v) is 1.89. The molecule has 0 radical (unpaired) electrons. The van der Waals surface area contributed by atoms with Crippen LogP contribution in [0.1, 0.15) is 27.7 Å². The molecule has 0 aromatic heterocycles. The largest absolute Gasteiger partial charge is 0.488 e. The van der Waals surface area contributed by atoms with Crippen molar-refractivity contribution in [3.63, 3.8) is 0 Å². The standard InChI is InChI=1S/C13H19ClFNO/c1-8(16)12(13(2,3)4)17-9-5-6-10(14)11(15)7-9/h5-8,12H,16H2,1-4H3. The van der Waals surface area contributed by atoms with Crippen LogP contribution in [0.2, 0.25) is 5.02 Å². The zero-order valence-electron chi connectivity index (χ0n) is 10.6. The Labute approximate surface area is 107 Å². The highest BCUT2D eigenvalue weighted by Crippen LogP contribution is 2.28. The van der Waals surface area contributed by atoms with Crippen LogP contribution in [0.3, 0.4) is 0 Å². The van der Waals surface area contributed by atoms with Crippen LogP contribution >= 0.6 is 11.6 Å². The van der Waals surface area contributed by atoms with Crippen molar-refractivity contribution in [1.82, 2.24) is 0 Å². The maximum absolute atomic E-state index is 13.3. The van der Waals surface area contributed by atoms with Crippen LogP contribution in [0.25, 0.3) is 0 Å². The van der Waals surface area contributed by atoms with E-state index in [1.807, 2.05) is 27.7 Å². The molecule has 0 aliphatic heterocycles. The smallest absolute Gasteiger partial charge is 0.145 e. The van der Waals surface area contributed by atoms with Crippen LogP contribution in [0.5, 0.6) is 5.75 Å². The van der Waals surface area contributed by atoms with Gasteiger partial charge in [-0.15, -0.1) is 0 Å². The molecule has 0 saturated carbocycles. The lowest BCUT2D eigenvalue weighted by Crippen LogP contribution is -2.45. The van der Waals surface area contributed by atoms with Gasteiger partial charge in [-0.25, -0.2) is 4.39 Å². The molecule has 0 bridgehead atoms. The van der Waals surface area contributed by atoms with Crippen molar-refractivity contribution in [3.05, 3.63) is 29.0 Å². The Morgan fingerprint density at radius 2 is 1.94 bits per heavy atom. The highest BCUT2D eigenvalue weighted by atomic mass is 35.5. The van der Waals surface area contributed by atoms with Gasteiger partial charge >= 0.3 is 0 Å². The second-order valence-corrected chi connectivity index (χ2v) is 5.75. The average Bonchev–Trinajstić information content (AvgIpc) is 2.17. The topological polar surface area (TPSA) is 35.2 Å². The van der Waals surface area contributed by atoms with Crippen LogP contribution in [0.15, 0.2) is 18.2 Å². The zero-order valence-corrected chi connectivity index (χ0v) is 11.4. The summed E-state index contributed by atoms with van der Waals surface area (Å²) in [5.74, 6) is -0.0365.